The third-order valence-corrected chi connectivity index (χ3v) is 5.31. The number of anilines is 2. The van der Waals surface area contributed by atoms with Gasteiger partial charge in [0.2, 0.25) is 5.91 Å². The first-order chi connectivity index (χ1) is 13.9. The van der Waals surface area contributed by atoms with Crippen LogP contribution < -0.4 is 15.0 Å². The number of fused-ring (bicyclic) bond motifs is 1. The van der Waals surface area contributed by atoms with Gasteiger partial charge in [0.25, 0.3) is 5.91 Å². The molecule has 2 aromatic carbocycles. The van der Waals surface area contributed by atoms with Crippen LogP contribution in [0.15, 0.2) is 47.4 Å². The van der Waals surface area contributed by atoms with Crippen molar-refractivity contribution in [2.24, 2.45) is 0 Å². The zero-order valence-electron chi connectivity index (χ0n) is 16.4. The van der Waals surface area contributed by atoms with Crippen LogP contribution in [0.3, 0.4) is 0 Å². The van der Waals surface area contributed by atoms with Gasteiger partial charge in [-0.15, -0.1) is 11.8 Å². The standard InChI is InChI=1S/C21H22N2O5S/c1-13-10-19(24)22-16-6-4-5-7-17(16)23(13)20(25)12-28-21(26)15-9-8-14(29-3)11-18(15)27-2/h4-9,11,13H,10,12H2,1-3H3,(H,22,24)/t13-/m0/s1. The number of ether oxygens (including phenoxy) is 2. The minimum Gasteiger partial charge on any atom is -0.496 e. The number of carbonyl (C=O) groups is 3. The fourth-order valence-corrected chi connectivity index (χ4v) is 3.64. The largest absolute Gasteiger partial charge is 0.496 e. The maximum atomic E-state index is 12.9. The van der Waals surface area contributed by atoms with Crippen molar-refractivity contribution >= 4 is 40.9 Å². The van der Waals surface area contributed by atoms with Crippen molar-refractivity contribution in [2.45, 2.75) is 24.3 Å². The summed E-state index contributed by atoms with van der Waals surface area (Å²) in [6.45, 7) is 1.34. The second kappa shape index (κ2) is 9.00. The molecule has 3 rings (SSSR count). The molecule has 2 aromatic rings. The lowest BCUT2D eigenvalue weighted by Crippen LogP contribution is -2.41. The van der Waals surface area contributed by atoms with Gasteiger partial charge in [0.1, 0.15) is 11.3 Å². The zero-order valence-corrected chi connectivity index (χ0v) is 17.2. The van der Waals surface area contributed by atoms with Gasteiger partial charge in [-0.1, -0.05) is 12.1 Å². The molecule has 8 heteroatoms. The molecule has 0 aliphatic carbocycles. The maximum Gasteiger partial charge on any atom is 0.342 e. The highest BCUT2D eigenvalue weighted by Crippen LogP contribution is 2.31. The van der Waals surface area contributed by atoms with Gasteiger partial charge >= 0.3 is 5.97 Å². The second-order valence-corrected chi connectivity index (χ2v) is 7.40. The molecule has 0 radical (unpaired) electrons. The molecule has 0 saturated carbocycles. The van der Waals surface area contributed by atoms with Crippen LogP contribution in [-0.4, -0.2) is 43.8 Å². The first kappa shape index (κ1) is 20.7. The molecule has 152 valence electrons. The number of hydrogen-bond acceptors (Lipinski definition) is 6. The van der Waals surface area contributed by atoms with Crippen molar-refractivity contribution < 1.29 is 23.9 Å². The fraction of sp³-hybridized carbons (Fsp3) is 0.286. The number of para-hydroxylation sites is 2. The highest BCUT2D eigenvalue weighted by Gasteiger charge is 2.30. The number of thioether (sulfide) groups is 1. The molecule has 0 aromatic heterocycles. The van der Waals surface area contributed by atoms with Crippen LogP contribution >= 0.6 is 11.8 Å². The van der Waals surface area contributed by atoms with Crippen LogP contribution in [0.2, 0.25) is 0 Å². The van der Waals surface area contributed by atoms with Crippen molar-refractivity contribution in [3.05, 3.63) is 48.0 Å². The van der Waals surface area contributed by atoms with Gasteiger partial charge in [-0.3, -0.25) is 9.59 Å². The summed E-state index contributed by atoms with van der Waals surface area (Å²) in [5.41, 5.74) is 1.38. The van der Waals surface area contributed by atoms with Crippen LogP contribution in [-0.2, 0) is 14.3 Å². The van der Waals surface area contributed by atoms with Crippen molar-refractivity contribution in [2.75, 3.05) is 30.2 Å². The Balaban J connectivity index is 1.77. The number of nitrogens with zero attached hydrogens (tertiary/aromatic N) is 1. The smallest absolute Gasteiger partial charge is 0.342 e. The third kappa shape index (κ3) is 4.54. The summed E-state index contributed by atoms with van der Waals surface area (Å²) in [6, 6.07) is 11.8. The van der Waals surface area contributed by atoms with Crippen molar-refractivity contribution in [3.63, 3.8) is 0 Å². The van der Waals surface area contributed by atoms with E-state index in [4.69, 9.17) is 9.47 Å². The van der Waals surface area contributed by atoms with Crippen LogP contribution in [0, 0.1) is 0 Å². The lowest BCUT2D eigenvalue weighted by atomic mass is 10.1. The average molecular weight is 414 g/mol. The molecule has 1 heterocycles. The highest BCUT2D eigenvalue weighted by molar-refractivity contribution is 7.98. The summed E-state index contributed by atoms with van der Waals surface area (Å²) in [6.07, 6.45) is 2.07. The van der Waals surface area contributed by atoms with Crippen molar-refractivity contribution in [1.29, 1.82) is 0 Å². The molecular formula is C21H22N2O5S. The van der Waals surface area contributed by atoms with Crippen molar-refractivity contribution in [3.8, 4) is 5.75 Å². The third-order valence-electron chi connectivity index (χ3n) is 4.58. The minimum absolute atomic E-state index is 0.151. The topological polar surface area (TPSA) is 84.9 Å². The Morgan fingerprint density at radius 1 is 1.24 bits per heavy atom. The second-order valence-electron chi connectivity index (χ2n) is 6.52. The van der Waals surface area contributed by atoms with E-state index >= 15 is 0 Å². The predicted octanol–water partition coefficient (Wildman–Crippen LogP) is 3.34. The van der Waals surface area contributed by atoms with Gasteiger partial charge in [0, 0.05) is 17.4 Å². The summed E-state index contributed by atoms with van der Waals surface area (Å²) in [7, 11) is 1.47. The quantitative estimate of drug-likeness (QED) is 0.597. The molecular weight excluding hydrogens is 392 g/mol. The number of rotatable bonds is 5. The van der Waals surface area contributed by atoms with Crippen LogP contribution in [0.5, 0.6) is 5.75 Å². The zero-order chi connectivity index (χ0) is 21.0. The van der Waals surface area contributed by atoms with E-state index in [9.17, 15) is 14.4 Å². The molecule has 1 aliphatic rings. The molecule has 1 aliphatic heterocycles. The Morgan fingerprint density at radius 2 is 2.00 bits per heavy atom. The van der Waals surface area contributed by atoms with Gasteiger partial charge in [-0.05, 0) is 43.5 Å². The van der Waals surface area contributed by atoms with E-state index in [0.29, 0.717) is 17.1 Å². The molecule has 0 bridgehead atoms. The van der Waals surface area contributed by atoms with Gasteiger partial charge in [0.05, 0.1) is 18.5 Å². The van der Waals surface area contributed by atoms with Crippen LogP contribution in [0.4, 0.5) is 11.4 Å². The van der Waals surface area contributed by atoms with E-state index in [-0.39, 0.29) is 23.9 Å². The average Bonchev–Trinajstić information content (AvgIpc) is 2.85. The minimum atomic E-state index is -0.646. The Labute approximate surface area is 173 Å². The summed E-state index contributed by atoms with van der Waals surface area (Å²) in [4.78, 5) is 39.9. The van der Waals surface area contributed by atoms with E-state index in [0.717, 1.165) is 4.90 Å². The van der Waals surface area contributed by atoms with E-state index in [2.05, 4.69) is 5.32 Å². The van der Waals surface area contributed by atoms with Crippen LogP contribution in [0.25, 0.3) is 0 Å². The number of amides is 2. The lowest BCUT2D eigenvalue weighted by Gasteiger charge is -2.27. The number of methoxy groups -OCH3 is 1. The Kier molecular flexibility index (Phi) is 6.43. The molecule has 1 atom stereocenters. The van der Waals surface area contributed by atoms with E-state index < -0.39 is 18.5 Å². The summed E-state index contributed by atoms with van der Waals surface area (Å²) in [5.74, 6) is -0.837. The summed E-state index contributed by atoms with van der Waals surface area (Å²) < 4.78 is 10.5. The van der Waals surface area contributed by atoms with E-state index in [1.54, 1.807) is 49.4 Å². The monoisotopic (exact) mass is 414 g/mol. The molecule has 29 heavy (non-hydrogen) atoms. The van der Waals surface area contributed by atoms with Gasteiger partial charge in [-0.25, -0.2) is 4.79 Å². The molecule has 7 nitrogen and oxygen atoms in total. The van der Waals surface area contributed by atoms with Gasteiger partial charge in [-0.2, -0.15) is 0 Å². The highest BCUT2D eigenvalue weighted by atomic mass is 32.2. The summed E-state index contributed by atoms with van der Waals surface area (Å²) >= 11 is 1.53. The number of nitrogens with one attached hydrogen (secondary N) is 1. The predicted molar refractivity (Wildman–Crippen MR) is 112 cm³/mol. The van der Waals surface area contributed by atoms with Crippen molar-refractivity contribution in [1.82, 2.24) is 0 Å². The molecule has 2 amide bonds. The normalized spacial score (nSPS) is 15.8. The molecule has 0 fully saturated rings. The molecule has 0 spiro atoms. The van der Waals surface area contributed by atoms with E-state index in [1.165, 1.54) is 23.8 Å². The molecule has 0 saturated heterocycles. The fourth-order valence-electron chi connectivity index (χ4n) is 3.21. The Bertz CT molecular complexity index is 946. The van der Waals surface area contributed by atoms with Gasteiger partial charge < -0.3 is 19.7 Å². The Hall–Kier alpha value is -3.00. The van der Waals surface area contributed by atoms with E-state index in [1.807, 2.05) is 6.26 Å². The molecule has 1 N–H and O–H groups in total. The Morgan fingerprint density at radius 3 is 2.72 bits per heavy atom. The first-order valence-corrected chi connectivity index (χ1v) is 10.3. The van der Waals surface area contributed by atoms with Crippen LogP contribution in [0.1, 0.15) is 23.7 Å². The SMILES string of the molecule is COc1cc(SC)ccc1C(=O)OCC(=O)N1c2ccccc2NC(=O)C[C@@H]1C. The number of esters is 1. The maximum absolute atomic E-state index is 12.9. The number of hydrogen-bond donors (Lipinski definition) is 1. The number of benzene rings is 2. The number of carbonyl (C=O) groups excluding carboxylic acids is 3. The first-order valence-electron chi connectivity index (χ1n) is 9.04. The lowest BCUT2D eigenvalue weighted by molar-refractivity contribution is -0.122. The van der Waals surface area contributed by atoms with Gasteiger partial charge in [0.15, 0.2) is 6.61 Å². The summed E-state index contributed by atoms with van der Waals surface area (Å²) in [5, 5.41) is 2.80. The molecule has 0 unspecified atom stereocenters.